The van der Waals surface area contributed by atoms with E-state index in [2.05, 4.69) is 21.9 Å². The minimum absolute atomic E-state index is 0.0619. The van der Waals surface area contributed by atoms with Crippen molar-refractivity contribution in [3.05, 3.63) is 85.5 Å². The lowest BCUT2D eigenvalue weighted by molar-refractivity contribution is -0.125. The van der Waals surface area contributed by atoms with E-state index in [1.54, 1.807) is 23.5 Å². The molecule has 1 saturated carbocycles. The molecule has 0 unspecified atom stereocenters. The zero-order valence-corrected chi connectivity index (χ0v) is 20.2. The minimum Gasteiger partial charge on any atom is -0.437 e. The van der Waals surface area contributed by atoms with E-state index in [0.717, 1.165) is 47.4 Å². The van der Waals surface area contributed by atoms with Crippen molar-refractivity contribution < 1.29 is 14.0 Å². The van der Waals surface area contributed by atoms with Crippen LogP contribution in [0.1, 0.15) is 47.7 Å². The van der Waals surface area contributed by atoms with Crippen LogP contribution < -0.4 is 5.32 Å². The van der Waals surface area contributed by atoms with Gasteiger partial charge >= 0.3 is 5.91 Å². The highest BCUT2D eigenvalue weighted by Crippen LogP contribution is 2.40. The van der Waals surface area contributed by atoms with E-state index >= 15 is 0 Å². The van der Waals surface area contributed by atoms with Crippen LogP contribution in [0.25, 0.3) is 22.4 Å². The molecule has 9 nitrogen and oxygen atoms in total. The van der Waals surface area contributed by atoms with Crippen LogP contribution in [0.3, 0.4) is 0 Å². The molecular weight excluding hydrogens is 468 g/mol. The van der Waals surface area contributed by atoms with Gasteiger partial charge in [-0.15, -0.1) is 0 Å². The van der Waals surface area contributed by atoms with Gasteiger partial charge < -0.3 is 14.6 Å². The Morgan fingerprint density at radius 2 is 1.95 bits per heavy atom. The van der Waals surface area contributed by atoms with E-state index in [9.17, 15) is 9.59 Å². The Balaban J connectivity index is 1.29. The van der Waals surface area contributed by atoms with Gasteiger partial charge in [0.2, 0.25) is 5.91 Å². The van der Waals surface area contributed by atoms with Gasteiger partial charge in [-0.2, -0.15) is 5.10 Å². The lowest BCUT2D eigenvalue weighted by atomic mass is 10.0. The number of oxazole rings is 1. The molecule has 2 fully saturated rings. The Bertz CT molecular complexity index is 1470. The molecule has 1 atom stereocenters. The van der Waals surface area contributed by atoms with E-state index in [1.165, 1.54) is 6.08 Å². The highest BCUT2D eigenvalue weighted by Gasteiger charge is 2.29. The van der Waals surface area contributed by atoms with Gasteiger partial charge in [-0.25, -0.2) is 4.98 Å². The van der Waals surface area contributed by atoms with Crippen molar-refractivity contribution in [2.45, 2.75) is 31.2 Å². The van der Waals surface area contributed by atoms with E-state index in [0.29, 0.717) is 24.7 Å². The monoisotopic (exact) mass is 494 g/mol. The van der Waals surface area contributed by atoms with Crippen LogP contribution in [0.4, 0.5) is 5.69 Å². The number of carbonyl (C=O) groups excluding carboxylic acids is 2. The summed E-state index contributed by atoms with van der Waals surface area (Å²) in [6, 6.07) is 11.5. The summed E-state index contributed by atoms with van der Waals surface area (Å²) in [5.74, 6) is 0.770. The summed E-state index contributed by atoms with van der Waals surface area (Å²) in [5.41, 5.74) is 4.18. The molecule has 37 heavy (non-hydrogen) atoms. The fourth-order valence-electron chi connectivity index (χ4n) is 4.70. The number of amides is 2. The molecule has 1 saturated heterocycles. The first-order chi connectivity index (χ1) is 18.1. The van der Waals surface area contributed by atoms with Gasteiger partial charge in [0.05, 0.1) is 12.2 Å². The number of carbonyl (C=O) groups is 2. The molecule has 1 aliphatic carbocycles. The second-order valence-electron chi connectivity index (χ2n) is 9.42. The first-order valence-electron chi connectivity index (χ1n) is 12.4. The van der Waals surface area contributed by atoms with Crippen LogP contribution >= 0.6 is 0 Å². The number of nitrogens with zero attached hydrogens (tertiary/aromatic N) is 5. The van der Waals surface area contributed by atoms with Crippen molar-refractivity contribution in [3.63, 3.8) is 0 Å². The number of likely N-dealkylation sites (tertiary alicyclic amines) is 1. The largest absolute Gasteiger partial charge is 0.437 e. The number of hydrogen-bond acceptors (Lipinski definition) is 6. The molecule has 1 aromatic carbocycles. The molecule has 4 aromatic rings. The van der Waals surface area contributed by atoms with Crippen molar-refractivity contribution in [2.75, 3.05) is 18.4 Å². The van der Waals surface area contributed by atoms with Crippen molar-refractivity contribution in [1.82, 2.24) is 24.6 Å². The zero-order chi connectivity index (χ0) is 25.4. The Labute approximate surface area is 213 Å². The number of aromatic nitrogens is 4. The fraction of sp³-hybridized carbons (Fsp3) is 0.250. The van der Waals surface area contributed by atoms with Gasteiger partial charge in [-0.05, 0) is 55.2 Å². The Kier molecular flexibility index (Phi) is 5.88. The number of pyridine rings is 1. The number of anilines is 1. The molecule has 6 rings (SSSR count). The van der Waals surface area contributed by atoms with Crippen LogP contribution in [0.15, 0.2) is 78.3 Å². The van der Waals surface area contributed by atoms with Crippen LogP contribution in [-0.2, 0) is 4.79 Å². The zero-order valence-electron chi connectivity index (χ0n) is 20.2. The molecule has 4 heterocycles. The lowest BCUT2D eigenvalue weighted by Gasteiger charge is -2.14. The third kappa shape index (κ3) is 4.67. The molecule has 1 aliphatic heterocycles. The summed E-state index contributed by atoms with van der Waals surface area (Å²) in [7, 11) is 0. The average molecular weight is 495 g/mol. The highest BCUT2D eigenvalue weighted by atomic mass is 16.4. The summed E-state index contributed by atoms with van der Waals surface area (Å²) < 4.78 is 7.59. The second-order valence-corrected chi connectivity index (χ2v) is 9.42. The van der Waals surface area contributed by atoms with Gasteiger partial charge in [-0.3, -0.25) is 19.3 Å². The molecule has 2 aliphatic rings. The molecule has 186 valence electrons. The molecule has 3 aromatic heterocycles. The number of nitrogens with one attached hydrogen (secondary N) is 1. The van der Waals surface area contributed by atoms with Gasteiger partial charge in [0, 0.05) is 54.4 Å². The first kappa shape index (κ1) is 22.9. The average Bonchev–Trinajstić information content (AvgIpc) is 3.32. The summed E-state index contributed by atoms with van der Waals surface area (Å²) in [6.45, 7) is 4.85. The van der Waals surface area contributed by atoms with E-state index in [-0.39, 0.29) is 23.7 Å². The first-order valence-corrected chi connectivity index (χ1v) is 12.4. The van der Waals surface area contributed by atoms with Gasteiger partial charge in [0.1, 0.15) is 11.5 Å². The van der Waals surface area contributed by atoms with Gasteiger partial charge in [0.25, 0.3) is 5.89 Å². The minimum atomic E-state index is -0.387. The molecular formula is C28H26N6O3. The van der Waals surface area contributed by atoms with E-state index < -0.39 is 0 Å². The maximum atomic E-state index is 12.8. The normalized spacial score (nSPS) is 17.1. The smallest absolute Gasteiger partial charge is 0.311 e. The van der Waals surface area contributed by atoms with Crippen LogP contribution in [0, 0.1) is 0 Å². The Morgan fingerprint density at radius 3 is 2.73 bits per heavy atom. The molecule has 0 radical (unpaired) electrons. The van der Waals surface area contributed by atoms with Gasteiger partial charge in [0.15, 0.2) is 0 Å². The molecule has 0 bridgehead atoms. The number of rotatable bonds is 7. The molecule has 9 heteroatoms. The SMILES string of the molecule is C=CC(=O)N1CC[C@H](n2cc(-c3ccncc3)c(-c3cccc(NC(=O)c4ncc(C5CC5)o4)c3)n2)C1. The topological polar surface area (TPSA) is 106 Å². The summed E-state index contributed by atoms with van der Waals surface area (Å²) in [5, 5.41) is 7.85. The molecule has 0 spiro atoms. The third-order valence-electron chi connectivity index (χ3n) is 6.84. The maximum absolute atomic E-state index is 12.8. The van der Waals surface area contributed by atoms with E-state index in [1.807, 2.05) is 47.3 Å². The molecule has 2 amide bonds. The number of hydrogen-bond donors (Lipinski definition) is 1. The van der Waals surface area contributed by atoms with Crippen LogP contribution in [0.5, 0.6) is 0 Å². The number of benzene rings is 1. The van der Waals surface area contributed by atoms with Crippen LogP contribution in [0.2, 0.25) is 0 Å². The summed E-state index contributed by atoms with van der Waals surface area (Å²) >= 11 is 0. The van der Waals surface area contributed by atoms with Crippen molar-refractivity contribution in [1.29, 1.82) is 0 Å². The van der Waals surface area contributed by atoms with Crippen molar-refractivity contribution in [3.8, 4) is 22.4 Å². The maximum Gasteiger partial charge on any atom is 0.311 e. The quantitative estimate of drug-likeness (QED) is 0.374. The summed E-state index contributed by atoms with van der Waals surface area (Å²) in [6.07, 6.45) is 11.5. The third-order valence-corrected chi connectivity index (χ3v) is 6.84. The molecule has 1 N–H and O–H groups in total. The van der Waals surface area contributed by atoms with Gasteiger partial charge in [-0.1, -0.05) is 18.7 Å². The highest BCUT2D eigenvalue weighted by molar-refractivity contribution is 6.01. The predicted molar refractivity (Wildman–Crippen MR) is 138 cm³/mol. The Hall–Kier alpha value is -4.53. The summed E-state index contributed by atoms with van der Waals surface area (Å²) in [4.78, 5) is 34.9. The standard InChI is InChI=1S/C28H26N6O3/c1-2-25(35)33-13-10-22(16-33)34-17-23(18-8-11-29-12-9-18)26(32-34)20-4-3-5-21(14-20)31-27(36)28-30-15-24(37-28)19-6-7-19/h2-5,8-9,11-12,14-15,17,19,22H,1,6-7,10,13,16H2,(H,31,36)/t22-/m0/s1. The predicted octanol–water partition coefficient (Wildman–Crippen LogP) is 4.69. The van der Waals surface area contributed by atoms with E-state index in [4.69, 9.17) is 9.52 Å². The lowest BCUT2D eigenvalue weighted by Crippen LogP contribution is -2.27. The van der Waals surface area contributed by atoms with Crippen LogP contribution in [-0.4, -0.2) is 49.6 Å². The Morgan fingerprint density at radius 1 is 1.11 bits per heavy atom. The van der Waals surface area contributed by atoms with Crippen molar-refractivity contribution >= 4 is 17.5 Å². The second kappa shape index (κ2) is 9.50. The fourth-order valence-corrected chi connectivity index (χ4v) is 4.70. The van der Waals surface area contributed by atoms with Crippen molar-refractivity contribution in [2.24, 2.45) is 0 Å².